The van der Waals surface area contributed by atoms with E-state index in [1.54, 1.807) is 12.1 Å². The highest BCUT2D eigenvalue weighted by molar-refractivity contribution is 6.31. The third-order valence-corrected chi connectivity index (χ3v) is 3.77. The molecule has 4 nitrogen and oxygen atoms in total. The van der Waals surface area contributed by atoms with Gasteiger partial charge in [-0.3, -0.25) is 0 Å². The van der Waals surface area contributed by atoms with Gasteiger partial charge in [0.15, 0.2) is 0 Å². The van der Waals surface area contributed by atoms with Crippen molar-refractivity contribution in [1.82, 2.24) is 4.98 Å². The quantitative estimate of drug-likeness (QED) is 0.809. The minimum atomic E-state index is 0.257. The standard InChI is InChI=1S/C15H14ClN3O/c1-10-9-20-5-4-19(10)15-6-11(8-17)13-7-12(16)2-3-14(13)18-15/h2-3,6-7,10H,4-5,9H2,1H3. The number of nitriles is 1. The maximum atomic E-state index is 9.35. The topological polar surface area (TPSA) is 49.1 Å². The van der Waals surface area contributed by atoms with E-state index in [1.165, 1.54) is 0 Å². The Bertz CT molecular complexity index is 695. The lowest BCUT2D eigenvalue weighted by Crippen LogP contribution is -2.44. The van der Waals surface area contributed by atoms with Gasteiger partial charge < -0.3 is 9.64 Å². The van der Waals surface area contributed by atoms with Crippen LogP contribution in [0, 0.1) is 11.3 Å². The summed E-state index contributed by atoms with van der Waals surface area (Å²) in [6.45, 7) is 4.26. The molecular weight excluding hydrogens is 274 g/mol. The fraction of sp³-hybridized carbons (Fsp3) is 0.333. The highest BCUT2D eigenvalue weighted by Gasteiger charge is 2.21. The molecule has 1 aromatic heterocycles. The van der Waals surface area contributed by atoms with Gasteiger partial charge in [0, 0.05) is 17.0 Å². The number of aromatic nitrogens is 1. The van der Waals surface area contributed by atoms with Crippen LogP contribution in [0.3, 0.4) is 0 Å². The number of rotatable bonds is 1. The largest absolute Gasteiger partial charge is 0.377 e. The monoisotopic (exact) mass is 287 g/mol. The van der Waals surface area contributed by atoms with Gasteiger partial charge in [-0.1, -0.05) is 11.6 Å². The Labute approximate surface area is 122 Å². The van der Waals surface area contributed by atoms with E-state index in [9.17, 15) is 5.26 Å². The molecule has 3 rings (SSSR count). The van der Waals surface area contributed by atoms with Gasteiger partial charge in [-0.25, -0.2) is 4.98 Å². The Kier molecular flexibility index (Phi) is 3.47. The molecule has 1 fully saturated rings. The Morgan fingerprint density at radius 3 is 3.05 bits per heavy atom. The molecule has 1 saturated heterocycles. The van der Waals surface area contributed by atoms with Crippen LogP contribution in [-0.4, -0.2) is 30.8 Å². The van der Waals surface area contributed by atoms with E-state index < -0.39 is 0 Å². The van der Waals surface area contributed by atoms with E-state index in [-0.39, 0.29) is 6.04 Å². The van der Waals surface area contributed by atoms with Crippen molar-refractivity contribution in [1.29, 1.82) is 5.26 Å². The fourth-order valence-corrected chi connectivity index (χ4v) is 2.66. The molecule has 0 aliphatic carbocycles. The van der Waals surface area contributed by atoms with E-state index >= 15 is 0 Å². The van der Waals surface area contributed by atoms with Gasteiger partial charge in [-0.2, -0.15) is 5.26 Å². The van der Waals surface area contributed by atoms with Crippen molar-refractivity contribution in [3.63, 3.8) is 0 Å². The number of ether oxygens (including phenoxy) is 1. The van der Waals surface area contributed by atoms with E-state index in [4.69, 9.17) is 16.3 Å². The third-order valence-electron chi connectivity index (χ3n) is 3.54. The van der Waals surface area contributed by atoms with Crippen molar-refractivity contribution >= 4 is 28.3 Å². The summed E-state index contributed by atoms with van der Waals surface area (Å²) in [4.78, 5) is 6.84. The minimum Gasteiger partial charge on any atom is -0.377 e. The summed E-state index contributed by atoms with van der Waals surface area (Å²) < 4.78 is 5.44. The number of benzene rings is 1. The van der Waals surface area contributed by atoms with Crippen LogP contribution in [0.15, 0.2) is 24.3 Å². The molecule has 0 saturated carbocycles. The summed E-state index contributed by atoms with van der Waals surface area (Å²) in [6.07, 6.45) is 0. The number of hydrogen-bond acceptors (Lipinski definition) is 4. The first-order valence-electron chi connectivity index (χ1n) is 6.54. The fourth-order valence-electron chi connectivity index (χ4n) is 2.49. The zero-order valence-electron chi connectivity index (χ0n) is 11.1. The van der Waals surface area contributed by atoms with Gasteiger partial charge in [0.25, 0.3) is 0 Å². The van der Waals surface area contributed by atoms with Gasteiger partial charge in [0.2, 0.25) is 0 Å². The van der Waals surface area contributed by atoms with Crippen molar-refractivity contribution < 1.29 is 4.74 Å². The molecule has 1 aliphatic rings. The molecule has 0 spiro atoms. The lowest BCUT2D eigenvalue weighted by Gasteiger charge is -2.34. The second-order valence-corrected chi connectivity index (χ2v) is 5.36. The van der Waals surface area contributed by atoms with E-state index in [0.717, 1.165) is 23.3 Å². The summed E-state index contributed by atoms with van der Waals surface area (Å²) in [7, 11) is 0. The Hall–Kier alpha value is -1.83. The maximum Gasteiger partial charge on any atom is 0.130 e. The minimum absolute atomic E-state index is 0.257. The molecule has 2 aromatic rings. The number of anilines is 1. The summed E-state index contributed by atoms with van der Waals surface area (Å²) in [6, 6.07) is 9.76. The first-order valence-corrected chi connectivity index (χ1v) is 6.91. The predicted molar refractivity (Wildman–Crippen MR) is 79.1 cm³/mol. The van der Waals surface area contributed by atoms with Crippen LogP contribution in [0.25, 0.3) is 10.9 Å². The maximum absolute atomic E-state index is 9.35. The molecule has 0 N–H and O–H groups in total. The molecule has 1 atom stereocenters. The van der Waals surface area contributed by atoms with Gasteiger partial charge >= 0.3 is 0 Å². The normalized spacial score (nSPS) is 19.1. The second kappa shape index (κ2) is 5.28. The van der Waals surface area contributed by atoms with Crippen molar-refractivity contribution in [2.75, 3.05) is 24.7 Å². The third kappa shape index (κ3) is 2.31. The lowest BCUT2D eigenvalue weighted by molar-refractivity contribution is 0.0985. The van der Waals surface area contributed by atoms with Gasteiger partial charge in [-0.15, -0.1) is 0 Å². The molecule has 0 radical (unpaired) electrons. The van der Waals surface area contributed by atoms with Crippen molar-refractivity contribution in [2.45, 2.75) is 13.0 Å². The molecule has 2 heterocycles. The van der Waals surface area contributed by atoms with Gasteiger partial charge in [0.05, 0.1) is 36.4 Å². The molecular formula is C15H14ClN3O. The Morgan fingerprint density at radius 2 is 2.30 bits per heavy atom. The lowest BCUT2D eigenvalue weighted by atomic mass is 10.1. The highest BCUT2D eigenvalue weighted by Crippen LogP contribution is 2.26. The molecule has 1 unspecified atom stereocenters. The zero-order valence-corrected chi connectivity index (χ0v) is 11.9. The molecule has 20 heavy (non-hydrogen) atoms. The van der Waals surface area contributed by atoms with Crippen LogP contribution >= 0.6 is 11.6 Å². The van der Waals surface area contributed by atoms with Crippen molar-refractivity contribution in [3.05, 3.63) is 34.9 Å². The van der Waals surface area contributed by atoms with Crippen molar-refractivity contribution in [3.8, 4) is 6.07 Å². The average Bonchev–Trinajstić information content (AvgIpc) is 2.46. The SMILES string of the molecule is CC1COCCN1c1cc(C#N)c2cc(Cl)ccc2n1. The first-order chi connectivity index (χ1) is 9.69. The number of halogens is 1. The molecule has 5 heteroatoms. The smallest absolute Gasteiger partial charge is 0.130 e. The van der Waals surface area contributed by atoms with E-state index in [2.05, 4.69) is 22.9 Å². The number of fused-ring (bicyclic) bond motifs is 1. The number of nitrogens with zero attached hydrogens (tertiary/aromatic N) is 3. The summed E-state index contributed by atoms with van der Waals surface area (Å²) in [5, 5.41) is 10.8. The highest BCUT2D eigenvalue weighted by atomic mass is 35.5. The van der Waals surface area contributed by atoms with Crippen molar-refractivity contribution in [2.24, 2.45) is 0 Å². The van der Waals surface area contributed by atoms with Gasteiger partial charge in [-0.05, 0) is 31.2 Å². The molecule has 0 amide bonds. The predicted octanol–water partition coefficient (Wildman–Crippen LogP) is 2.98. The summed E-state index contributed by atoms with van der Waals surface area (Å²) >= 11 is 6.00. The number of hydrogen-bond donors (Lipinski definition) is 0. The molecule has 0 bridgehead atoms. The second-order valence-electron chi connectivity index (χ2n) is 4.92. The van der Waals surface area contributed by atoms with Crippen LogP contribution in [0.1, 0.15) is 12.5 Å². The summed E-state index contributed by atoms with van der Waals surface area (Å²) in [5.74, 6) is 0.826. The Balaban J connectivity index is 2.13. The molecule has 1 aliphatic heterocycles. The van der Waals surface area contributed by atoms with E-state index in [0.29, 0.717) is 23.8 Å². The van der Waals surface area contributed by atoms with Crippen LogP contribution in [0.2, 0.25) is 5.02 Å². The zero-order chi connectivity index (χ0) is 14.1. The summed E-state index contributed by atoms with van der Waals surface area (Å²) in [5.41, 5.74) is 1.40. The van der Waals surface area contributed by atoms with E-state index in [1.807, 2.05) is 12.1 Å². The van der Waals surface area contributed by atoms with Crippen LogP contribution in [0.4, 0.5) is 5.82 Å². The Morgan fingerprint density at radius 1 is 1.45 bits per heavy atom. The van der Waals surface area contributed by atoms with Gasteiger partial charge in [0.1, 0.15) is 5.82 Å². The number of morpholine rings is 1. The molecule has 1 aromatic carbocycles. The van der Waals surface area contributed by atoms with Crippen LogP contribution < -0.4 is 4.90 Å². The first kappa shape index (κ1) is 13.2. The number of pyridine rings is 1. The molecule has 102 valence electrons. The van der Waals surface area contributed by atoms with Crippen LogP contribution in [-0.2, 0) is 4.74 Å². The van der Waals surface area contributed by atoms with Crippen LogP contribution in [0.5, 0.6) is 0 Å². The average molecular weight is 288 g/mol.